The molecule has 0 spiro atoms. The fourth-order valence-electron chi connectivity index (χ4n) is 6.25. The molecule has 0 aliphatic rings. The molecule has 52 heavy (non-hydrogen) atoms. The van der Waals surface area contributed by atoms with Crippen LogP contribution in [0.1, 0.15) is 74.9 Å². The number of phenols is 3. The first-order valence-corrected chi connectivity index (χ1v) is 18.4. The van der Waals surface area contributed by atoms with Gasteiger partial charge in [-0.2, -0.15) is 0 Å². The van der Waals surface area contributed by atoms with Crippen LogP contribution < -0.4 is 13.6 Å². The van der Waals surface area contributed by atoms with E-state index in [2.05, 4.69) is 41.5 Å². The van der Waals surface area contributed by atoms with E-state index in [1.807, 2.05) is 109 Å². The number of hydrogen-bond acceptors (Lipinski definition) is 6. The van der Waals surface area contributed by atoms with Gasteiger partial charge in [0.2, 0.25) is 0 Å². The highest BCUT2D eigenvalue weighted by Crippen LogP contribution is 2.44. The summed E-state index contributed by atoms with van der Waals surface area (Å²) in [6, 6.07) is 45.6. The largest absolute Gasteiger partial charge is 0.530 e. The second-order valence-electron chi connectivity index (χ2n) is 14.6. The van der Waals surface area contributed by atoms with Gasteiger partial charge in [0.05, 0.1) is 0 Å². The molecule has 0 amide bonds. The zero-order valence-electron chi connectivity index (χ0n) is 30.4. The molecule has 6 rings (SSSR count). The third kappa shape index (κ3) is 8.03. The molecule has 0 aromatic heterocycles. The van der Waals surface area contributed by atoms with Gasteiger partial charge in [-0.05, 0) is 106 Å². The van der Waals surface area contributed by atoms with Gasteiger partial charge in [0.25, 0.3) is 0 Å². The maximum atomic E-state index is 9.78. The summed E-state index contributed by atoms with van der Waals surface area (Å²) in [5.41, 5.74) is 5.65. The van der Waals surface area contributed by atoms with Crippen molar-refractivity contribution in [1.29, 1.82) is 0 Å². The highest BCUT2D eigenvalue weighted by molar-refractivity contribution is 7.43. The van der Waals surface area contributed by atoms with Gasteiger partial charge >= 0.3 is 8.60 Å². The molecule has 0 radical (unpaired) electrons. The van der Waals surface area contributed by atoms with E-state index in [-0.39, 0.29) is 33.5 Å². The predicted molar refractivity (Wildman–Crippen MR) is 209 cm³/mol. The van der Waals surface area contributed by atoms with Crippen molar-refractivity contribution in [3.8, 4) is 34.5 Å². The minimum absolute atomic E-state index is 0.239. The molecular weight excluding hydrogens is 667 g/mol. The van der Waals surface area contributed by atoms with Crippen molar-refractivity contribution >= 4 is 8.60 Å². The fourth-order valence-corrected chi connectivity index (χ4v) is 7.24. The molecule has 3 N–H and O–H groups in total. The zero-order valence-corrected chi connectivity index (χ0v) is 31.3. The SMILES string of the molecule is CC(C)(c1ccc(O)cc1)c1ccc(OP(Oc2ccc(C(C)(C)c3ccc(O)cc3)cc2)Oc2ccc(C(C)(C)c3ccc(O)cc3)cc2)cc1. The van der Waals surface area contributed by atoms with E-state index in [1.165, 1.54) is 0 Å². The van der Waals surface area contributed by atoms with Gasteiger partial charge in [0, 0.05) is 16.2 Å². The van der Waals surface area contributed by atoms with Crippen LogP contribution >= 0.6 is 8.60 Å². The Morgan fingerprint density at radius 3 is 0.673 bits per heavy atom. The van der Waals surface area contributed by atoms with Crippen molar-refractivity contribution in [2.45, 2.75) is 57.8 Å². The van der Waals surface area contributed by atoms with Crippen LogP contribution in [0.5, 0.6) is 34.5 Å². The summed E-state index contributed by atoms with van der Waals surface area (Å²) in [5, 5.41) is 29.3. The molecule has 0 aliphatic heterocycles. The average molecular weight is 713 g/mol. The van der Waals surface area contributed by atoms with Crippen LogP contribution in [0.2, 0.25) is 0 Å². The lowest BCUT2D eigenvalue weighted by molar-refractivity contribution is 0.388. The van der Waals surface area contributed by atoms with Gasteiger partial charge in [0.1, 0.15) is 34.5 Å². The Kier molecular flexibility index (Phi) is 10.2. The van der Waals surface area contributed by atoms with Crippen LogP contribution in [-0.2, 0) is 16.2 Å². The van der Waals surface area contributed by atoms with Gasteiger partial charge in [-0.25, -0.2) is 0 Å². The zero-order chi connectivity index (χ0) is 37.1. The van der Waals surface area contributed by atoms with Crippen molar-refractivity contribution in [3.63, 3.8) is 0 Å². The van der Waals surface area contributed by atoms with Crippen molar-refractivity contribution in [1.82, 2.24) is 0 Å². The van der Waals surface area contributed by atoms with Crippen LogP contribution in [0.4, 0.5) is 0 Å². The molecule has 266 valence electrons. The summed E-state index contributed by atoms with van der Waals surface area (Å²) < 4.78 is 19.2. The topological polar surface area (TPSA) is 88.4 Å². The Morgan fingerprint density at radius 2 is 0.481 bits per heavy atom. The molecule has 7 heteroatoms. The predicted octanol–water partition coefficient (Wildman–Crippen LogP) is 11.5. The maximum Gasteiger partial charge on any atom is 0.530 e. The maximum absolute atomic E-state index is 9.78. The Bertz CT molecular complexity index is 1820. The van der Waals surface area contributed by atoms with Crippen LogP contribution in [0.25, 0.3) is 0 Å². The van der Waals surface area contributed by atoms with E-state index >= 15 is 0 Å². The molecule has 6 nitrogen and oxygen atoms in total. The molecule has 0 saturated carbocycles. The highest BCUT2D eigenvalue weighted by Gasteiger charge is 2.27. The molecule has 0 aliphatic carbocycles. The minimum Gasteiger partial charge on any atom is -0.508 e. The Labute approximate surface area is 307 Å². The fraction of sp³-hybridized carbons (Fsp3) is 0.200. The van der Waals surface area contributed by atoms with E-state index < -0.39 is 8.60 Å². The second-order valence-corrected chi connectivity index (χ2v) is 15.6. The van der Waals surface area contributed by atoms with Gasteiger partial charge in [-0.3, -0.25) is 0 Å². The summed E-state index contributed by atoms with van der Waals surface area (Å²) in [5.74, 6) is 2.53. The smallest absolute Gasteiger partial charge is 0.508 e. The molecule has 0 bridgehead atoms. The van der Waals surface area contributed by atoms with E-state index in [4.69, 9.17) is 13.6 Å². The van der Waals surface area contributed by atoms with E-state index in [0.717, 1.165) is 33.4 Å². The first kappa shape index (κ1) is 36.3. The summed E-state index contributed by atoms with van der Waals surface area (Å²) in [6.07, 6.45) is 0. The standard InChI is InChI=1S/C45H45O6P/c1-43(2,31-7-19-37(46)20-8-31)34-13-25-40(26-14-34)49-52(50-41-27-15-35(16-28-41)44(3,4)32-9-21-38(47)22-10-32)51-42-29-17-36(18-30-42)45(5,6)33-11-23-39(48)24-12-33/h7-30,46-48H,1-6H3. The van der Waals surface area contributed by atoms with Crippen LogP contribution in [-0.4, -0.2) is 15.3 Å². The molecular formula is C45H45O6P. The number of aromatic hydroxyl groups is 3. The lowest BCUT2D eigenvalue weighted by atomic mass is 9.78. The summed E-state index contributed by atoms with van der Waals surface area (Å²) in [6.45, 7) is 12.9. The van der Waals surface area contributed by atoms with E-state index in [0.29, 0.717) is 17.2 Å². The van der Waals surface area contributed by atoms with Gasteiger partial charge in [0.15, 0.2) is 0 Å². The van der Waals surface area contributed by atoms with E-state index in [9.17, 15) is 15.3 Å². The molecule has 6 aromatic carbocycles. The number of hydrogen-bond donors (Lipinski definition) is 3. The number of benzene rings is 6. The van der Waals surface area contributed by atoms with Crippen LogP contribution in [0, 0.1) is 0 Å². The van der Waals surface area contributed by atoms with Gasteiger partial charge in [-0.15, -0.1) is 0 Å². The number of rotatable bonds is 12. The molecule has 0 atom stereocenters. The van der Waals surface area contributed by atoms with Gasteiger partial charge in [-0.1, -0.05) is 114 Å². The van der Waals surface area contributed by atoms with E-state index in [1.54, 1.807) is 36.4 Å². The van der Waals surface area contributed by atoms with Crippen molar-refractivity contribution in [3.05, 3.63) is 179 Å². The van der Waals surface area contributed by atoms with Crippen molar-refractivity contribution < 1.29 is 28.9 Å². The first-order chi connectivity index (χ1) is 24.7. The van der Waals surface area contributed by atoms with Crippen molar-refractivity contribution in [2.24, 2.45) is 0 Å². The number of phenolic OH excluding ortho intramolecular Hbond substituents is 3. The molecule has 6 aromatic rings. The van der Waals surface area contributed by atoms with Gasteiger partial charge < -0.3 is 28.9 Å². The van der Waals surface area contributed by atoms with Crippen LogP contribution in [0.3, 0.4) is 0 Å². The lowest BCUT2D eigenvalue weighted by Gasteiger charge is -2.27. The first-order valence-electron chi connectivity index (χ1n) is 17.3. The normalized spacial score (nSPS) is 12.1. The quantitative estimate of drug-likeness (QED) is 0.109. The van der Waals surface area contributed by atoms with Crippen molar-refractivity contribution in [2.75, 3.05) is 0 Å². The monoisotopic (exact) mass is 712 g/mol. The Balaban J connectivity index is 1.24. The summed E-state index contributed by atoms with van der Waals surface area (Å²) >= 11 is 0. The molecule has 0 saturated heterocycles. The highest BCUT2D eigenvalue weighted by atomic mass is 31.2. The average Bonchev–Trinajstić information content (AvgIpc) is 3.13. The Morgan fingerprint density at radius 1 is 0.308 bits per heavy atom. The Hall–Kier alpha value is -5.45. The molecule has 0 fully saturated rings. The second kappa shape index (κ2) is 14.7. The lowest BCUT2D eigenvalue weighted by Crippen LogP contribution is -2.18. The minimum atomic E-state index is -1.93. The van der Waals surface area contributed by atoms with Crippen LogP contribution in [0.15, 0.2) is 146 Å². The molecule has 0 unspecified atom stereocenters. The summed E-state index contributed by atoms with van der Waals surface area (Å²) in [7, 11) is -1.93. The molecule has 0 heterocycles. The third-order valence-electron chi connectivity index (χ3n) is 10.0. The third-order valence-corrected chi connectivity index (χ3v) is 11.1. The summed E-state index contributed by atoms with van der Waals surface area (Å²) in [4.78, 5) is 0.